The standard InChI is InChI=1S/C16H17N5/c1-13-10-20-21(11-13)16-9-15(18-12-19-16)17-8-7-14-5-3-2-4-6-14/h2-6,9-12H,7-8H2,1H3,(H,17,18,19). The summed E-state index contributed by atoms with van der Waals surface area (Å²) in [5.41, 5.74) is 2.41. The minimum absolute atomic E-state index is 0.764. The lowest BCUT2D eigenvalue weighted by Crippen LogP contribution is -2.08. The monoisotopic (exact) mass is 279 g/mol. The number of anilines is 1. The molecule has 0 atom stereocenters. The predicted molar refractivity (Wildman–Crippen MR) is 82.5 cm³/mol. The molecule has 0 spiro atoms. The fourth-order valence-electron chi connectivity index (χ4n) is 2.09. The van der Waals surface area contributed by atoms with Crippen LogP contribution in [0.25, 0.3) is 5.82 Å². The molecule has 21 heavy (non-hydrogen) atoms. The van der Waals surface area contributed by atoms with Crippen molar-refractivity contribution in [1.82, 2.24) is 19.7 Å². The number of rotatable bonds is 5. The van der Waals surface area contributed by atoms with E-state index in [0.29, 0.717) is 0 Å². The van der Waals surface area contributed by atoms with Crippen LogP contribution in [0.1, 0.15) is 11.1 Å². The van der Waals surface area contributed by atoms with Gasteiger partial charge in [0.05, 0.1) is 6.20 Å². The molecule has 0 radical (unpaired) electrons. The van der Waals surface area contributed by atoms with Gasteiger partial charge < -0.3 is 5.32 Å². The fraction of sp³-hybridized carbons (Fsp3) is 0.188. The molecular weight excluding hydrogens is 262 g/mol. The second-order valence-corrected chi connectivity index (χ2v) is 4.89. The summed E-state index contributed by atoms with van der Waals surface area (Å²) in [6.45, 7) is 2.84. The summed E-state index contributed by atoms with van der Waals surface area (Å²) in [4.78, 5) is 8.48. The molecule has 1 aromatic carbocycles. The van der Waals surface area contributed by atoms with Crippen molar-refractivity contribution in [2.24, 2.45) is 0 Å². The van der Waals surface area contributed by atoms with Crippen LogP contribution in [0.2, 0.25) is 0 Å². The van der Waals surface area contributed by atoms with Crippen LogP contribution in [0.3, 0.4) is 0 Å². The minimum Gasteiger partial charge on any atom is -0.370 e. The maximum absolute atomic E-state index is 4.25. The van der Waals surface area contributed by atoms with Gasteiger partial charge in [-0.1, -0.05) is 30.3 Å². The van der Waals surface area contributed by atoms with E-state index in [4.69, 9.17) is 0 Å². The van der Waals surface area contributed by atoms with Crippen molar-refractivity contribution in [2.45, 2.75) is 13.3 Å². The third-order valence-corrected chi connectivity index (χ3v) is 3.16. The van der Waals surface area contributed by atoms with Gasteiger partial charge in [0.25, 0.3) is 0 Å². The van der Waals surface area contributed by atoms with Crippen molar-refractivity contribution in [2.75, 3.05) is 11.9 Å². The second kappa shape index (κ2) is 6.17. The summed E-state index contributed by atoms with van der Waals surface area (Å²) >= 11 is 0. The van der Waals surface area contributed by atoms with Crippen molar-refractivity contribution in [3.8, 4) is 5.82 Å². The summed E-state index contributed by atoms with van der Waals surface area (Å²) in [7, 11) is 0. The number of benzene rings is 1. The molecule has 0 fully saturated rings. The van der Waals surface area contributed by atoms with E-state index in [-0.39, 0.29) is 0 Å². The highest BCUT2D eigenvalue weighted by molar-refractivity contribution is 5.40. The smallest absolute Gasteiger partial charge is 0.158 e. The lowest BCUT2D eigenvalue weighted by molar-refractivity contribution is 0.838. The third kappa shape index (κ3) is 3.45. The van der Waals surface area contributed by atoms with E-state index < -0.39 is 0 Å². The molecule has 3 rings (SSSR count). The molecule has 5 heteroatoms. The Morgan fingerprint density at radius 3 is 2.76 bits per heavy atom. The van der Waals surface area contributed by atoms with Crippen molar-refractivity contribution in [3.63, 3.8) is 0 Å². The maximum atomic E-state index is 4.25. The Kier molecular flexibility index (Phi) is 3.91. The molecule has 0 unspecified atom stereocenters. The Hall–Kier alpha value is -2.69. The average Bonchev–Trinajstić information content (AvgIpc) is 2.95. The van der Waals surface area contributed by atoms with E-state index in [2.05, 4.69) is 44.6 Å². The highest BCUT2D eigenvalue weighted by Gasteiger charge is 2.02. The van der Waals surface area contributed by atoms with E-state index in [1.807, 2.05) is 31.5 Å². The molecule has 3 aromatic rings. The van der Waals surface area contributed by atoms with Gasteiger partial charge in [-0.05, 0) is 24.5 Å². The lowest BCUT2D eigenvalue weighted by Gasteiger charge is -2.07. The van der Waals surface area contributed by atoms with E-state index in [0.717, 1.165) is 30.2 Å². The Balaban J connectivity index is 1.64. The number of aryl methyl sites for hydroxylation is 1. The van der Waals surface area contributed by atoms with E-state index in [1.54, 1.807) is 11.0 Å². The molecule has 5 nitrogen and oxygen atoms in total. The van der Waals surface area contributed by atoms with Crippen LogP contribution in [0, 0.1) is 6.92 Å². The summed E-state index contributed by atoms with van der Waals surface area (Å²) in [5, 5.41) is 7.57. The molecule has 106 valence electrons. The molecular formula is C16H17N5. The highest BCUT2D eigenvalue weighted by atomic mass is 15.3. The first-order valence-corrected chi connectivity index (χ1v) is 6.93. The van der Waals surface area contributed by atoms with Crippen LogP contribution in [0.15, 0.2) is 55.1 Å². The Bertz CT molecular complexity index is 705. The van der Waals surface area contributed by atoms with Crippen molar-refractivity contribution in [1.29, 1.82) is 0 Å². The minimum atomic E-state index is 0.764. The van der Waals surface area contributed by atoms with Gasteiger partial charge in [-0.2, -0.15) is 5.10 Å². The lowest BCUT2D eigenvalue weighted by atomic mass is 10.1. The molecule has 1 N–H and O–H groups in total. The van der Waals surface area contributed by atoms with Gasteiger partial charge in [-0.3, -0.25) is 0 Å². The van der Waals surface area contributed by atoms with Crippen molar-refractivity contribution >= 4 is 5.82 Å². The third-order valence-electron chi connectivity index (χ3n) is 3.16. The topological polar surface area (TPSA) is 55.6 Å². The molecule has 0 aliphatic heterocycles. The van der Waals surface area contributed by atoms with Crippen LogP contribution in [-0.4, -0.2) is 26.3 Å². The van der Waals surface area contributed by atoms with Crippen LogP contribution in [0.5, 0.6) is 0 Å². The summed E-state index contributed by atoms with van der Waals surface area (Å²) in [5.74, 6) is 1.57. The Labute approximate surface area is 123 Å². The summed E-state index contributed by atoms with van der Waals surface area (Å²) in [6.07, 6.45) is 6.26. The number of aromatic nitrogens is 4. The molecule has 2 heterocycles. The normalized spacial score (nSPS) is 10.5. The molecule has 0 bridgehead atoms. The Morgan fingerprint density at radius 1 is 1.14 bits per heavy atom. The second-order valence-electron chi connectivity index (χ2n) is 4.89. The first-order valence-electron chi connectivity index (χ1n) is 6.93. The zero-order chi connectivity index (χ0) is 14.5. The zero-order valence-corrected chi connectivity index (χ0v) is 11.9. The van der Waals surface area contributed by atoms with Crippen molar-refractivity contribution in [3.05, 3.63) is 66.2 Å². The number of nitrogens with one attached hydrogen (secondary N) is 1. The molecule has 0 saturated heterocycles. The van der Waals surface area contributed by atoms with Gasteiger partial charge in [-0.15, -0.1) is 0 Å². The number of hydrogen-bond acceptors (Lipinski definition) is 4. The van der Waals surface area contributed by atoms with Gasteiger partial charge >= 0.3 is 0 Å². The van der Waals surface area contributed by atoms with Gasteiger partial charge in [-0.25, -0.2) is 14.6 Å². The number of nitrogens with zero attached hydrogens (tertiary/aromatic N) is 4. The quantitative estimate of drug-likeness (QED) is 0.780. The van der Waals surface area contributed by atoms with E-state index in [9.17, 15) is 0 Å². The van der Waals surface area contributed by atoms with Crippen molar-refractivity contribution < 1.29 is 0 Å². The van der Waals surface area contributed by atoms with Gasteiger partial charge in [0, 0.05) is 18.8 Å². The Morgan fingerprint density at radius 2 is 2.00 bits per heavy atom. The maximum Gasteiger partial charge on any atom is 0.158 e. The predicted octanol–water partition coefficient (Wildman–Crippen LogP) is 2.63. The first kappa shape index (κ1) is 13.3. The van der Waals surface area contributed by atoms with Gasteiger partial charge in [0.1, 0.15) is 12.1 Å². The highest BCUT2D eigenvalue weighted by Crippen LogP contribution is 2.09. The first-order chi connectivity index (χ1) is 10.3. The summed E-state index contributed by atoms with van der Waals surface area (Å²) in [6, 6.07) is 12.3. The van der Waals surface area contributed by atoms with Crippen LogP contribution < -0.4 is 5.32 Å². The number of hydrogen-bond donors (Lipinski definition) is 1. The largest absolute Gasteiger partial charge is 0.370 e. The molecule has 0 amide bonds. The summed E-state index contributed by atoms with van der Waals surface area (Å²) < 4.78 is 1.75. The SMILES string of the molecule is Cc1cnn(-c2cc(NCCc3ccccc3)ncn2)c1. The molecule has 0 aliphatic carbocycles. The fourth-order valence-corrected chi connectivity index (χ4v) is 2.09. The van der Waals surface area contributed by atoms with E-state index >= 15 is 0 Å². The zero-order valence-electron chi connectivity index (χ0n) is 11.9. The average molecular weight is 279 g/mol. The van der Waals surface area contributed by atoms with Crippen LogP contribution in [0.4, 0.5) is 5.82 Å². The van der Waals surface area contributed by atoms with Gasteiger partial charge in [0.2, 0.25) is 0 Å². The van der Waals surface area contributed by atoms with E-state index in [1.165, 1.54) is 5.56 Å². The van der Waals surface area contributed by atoms with Crippen LogP contribution >= 0.6 is 0 Å². The molecule has 0 saturated carbocycles. The van der Waals surface area contributed by atoms with Gasteiger partial charge in [0.15, 0.2) is 5.82 Å². The molecule has 0 aliphatic rings. The molecule has 2 aromatic heterocycles. The van der Waals surface area contributed by atoms with Crippen LogP contribution in [-0.2, 0) is 6.42 Å².